The molecule has 8 heteroatoms. The van der Waals surface area contributed by atoms with Crippen LogP contribution in [0.4, 0.5) is 5.82 Å². The van der Waals surface area contributed by atoms with Crippen LogP contribution in [0.3, 0.4) is 0 Å². The second-order valence-electron chi connectivity index (χ2n) is 5.32. The number of benzene rings is 1. The Morgan fingerprint density at radius 3 is 2.69 bits per heavy atom. The number of rotatable bonds is 5. The summed E-state index contributed by atoms with van der Waals surface area (Å²) < 4.78 is 26.2. The van der Waals surface area contributed by atoms with E-state index in [1.165, 1.54) is 0 Å². The molecule has 1 atom stereocenters. The smallest absolute Gasteiger partial charge is 0.229 e. The minimum atomic E-state index is -1.46. The van der Waals surface area contributed by atoms with E-state index in [0.29, 0.717) is 39.1 Å². The fourth-order valence-corrected chi connectivity index (χ4v) is 3.17. The summed E-state index contributed by atoms with van der Waals surface area (Å²) in [6, 6.07) is 14.1. The monoisotopic (exact) mass is 366 g/mol. The number of oxazole rings is 1. The highest BCUT2D eigenvalue weighted by Gasteiger charge is 2.11. The summed E-state index contributed by atoms with van der Waals surface area (Å²) in [5, 5.41) is 0. The number of nitrogens with one attached hydrogen (secondary N) is 1. The third kappa shape index (κ3) is 3.27. The average molecular weight is 366 g/mol. The number of hydrogen-bond acceptors (Lipinski definition) is 6. The van der Waals surface area contributed by atoms with Crippen LogP contribution in [0.5, 0.6) is 5.75 Å². The molecule has 4 rings (SSSR count). The first-order chi connectivity index (χ1) is 12.7. The highest BCUT2D eigenvalue weighted by molar-refractivity contribution is 7.86. The first-order valence-electron chi connectivity index (χ1n) is 7.73. The van der Waals surface area contributed by atoms with Crippen molar-refractivity contribution >= 4 is 28.0 Å². The second-order valence-corrected chi connectivity index (χ2v) is 6.53. The number of aromatic nitrogens is 3. The van der Waals surface area contributed by atoms with Gasteiger partial charge in [0, 0.05) is 18.0 Å². The lowest BCUT2D eigenvalue weighted by Crippen LogP contribution is -2.06. The molecule has 7 nitrogen and oxygen atoms in total. The van der Waals surface area contributed by atoms with E-state index in [1.54, 1.807) is 68.0 Å². The molecule has 4 aromatic rings. The molecule has 0 aliphatic carbocycles. The Labute approximate surface area is 151 Å². The van der Waals surface area contributed by atoms with Crippen LogP contribution in [0, 0.1) is 0 Å². The van der Waals surface area contributed by atoms with E-state index in [-0.39, 0.29) is 0 Å². The van der Waals surface area contributed by atoms with Crippen LogP contribution in [0.15, 0.2) is 70.2 Å². The summed E-state index contributed by atoms with van der Waals surface area (Å²) in [6.07, 6.45) is 3.26. The Morgan fingerprint density at radius 1 is 1.08 bits per heavy atom. The van der Waals surface area contributed by atoms with Crippen molar-refractivity contribution in [1.29, 1.82) is 0 Å². The van der Waals surface area contributed by atoms with Crippen molar-refractivity contribution in [3.8, 4) is 17.2 Å². The molecule has 1 unspecified atom stereocenters. The van der Waals surface area contributed by atoms with Crippen molar-refractivity contribution < 1.29 is 13.4 Å². The van der Waals surface area contributed by atoms with Crippen molar-refractivity contribution in [3.63, 3.8) is 0 Å². The van der Waals surface area contributed by atoms with Gasteiger partial charge in [0.15, 0.2) is 22.2 Å². The standard InChI is InChI=1S/C18H14N4O3S/c1-24-13-4-6-14(7-5-13)26(23)22-16-11-12(8-10-19-16)18-21-17-15(25-18)3-2-9-20-17/h2-11H,1H3,(H,19,22). The molecule has 26 heavy (non-hydrogen) atoms. The van der Waals surface area contributed by atoms with Gasteiger partial charge in [-0.15, -0.1) is 0 Å². The molecule has 0 amide bonds. The molecule has 1 aromatic carbocycles. The summed E-state index contributed by atoms with van der Waals surface area (Å²) in [5.74, 6) is 1.58. The largest absolute Gasteiger partial charge is 0.497 e. The molecule has 0 spiro atoms. The van der Waals surface area contributed by atoms with Crippen LogP contribution in [-0.4, -0.2) is 26.3 Å². The molecule has 3 aromatic heterocycles. The second kappa shape index (κ2) is 6.93. The fourth-order valence-electron chi connectivity index (χ4n) is 2.37. The zero-order valence-corrected chi connectivity index (χ0v) is 14.6. The van der Waals surface area contributed by atoms with Gasteiger partial charge in [0.1, 0.15) is 11.6 Å². The van der Waals surface area contributed by atoms with Crippen molar-refractivity contribution in [2.45, 2.75) is 4.90 Å². The average Bonchev–Trinajstić information content (AvgIpc) is 3.12. The number of anilines is 1. The van der Waals surface area contributed by atoms with Gasteiger partial charge < -0.3 is 9.15 Å². The van der Waals surface area contributed by atoms with Gasteiger partial charge in [0.25, 0.3) is 0 Å². The van der Waals surface area contributed by atoms with E-state index in [0.717, 1.165) is 0 Å². The van der Waals surface area contributed by atoms with Crippen LogP contribution in [0.2, 0.25) is 0 Å². The predicted octanol–water partition coefficient (Wildman–Crippen LogP) is 3.43. The molecule has 0 saturated heterocycles. The Kier molecular flexibility index (Phi) is 4.32. The van der Waals surface area contributed by atoms with Crippen molar-refractivity contribution in [2.75, 3.05) is 11.8 Å². The van der Waals surface area contributed by atoms with E-state index >= 15 is 0 Å². The van der Waals surface area contributed by atoms with Gasteiger partial charge in [-0.1, -0.05) is 0 Å². The molecule has 0 fully saturated rings. The van der Waals surface area contributed by atoms with Crippen LogP contribution >= 0.6 is 0 Å². The normalized spacial score (nSPS) is 12.0. The molecule has 0 bridgehead atoms. The fraction of sp³-hybridized carbons (Fsp3) is 0.0556. The van der Waals surface area contributed by atoms with E-state index < -0.39 is 11.0 Å². The van der Waals surface area contributed by atoms with Gasteiger partial charge in [-0.2, -0.15) is 4.98 Å². The first kappa shape index (κ1) is 16.2. The van der Waals surface area contributed by atoms with Gasteiger partial charge in [-0.3, -0.25) is 4.72 Å². The molecule has 0 aliphatic heterocycles. The molecule has 0 aliphatic rings. The lowest BCUT2D eigenvalue weighted by Gasteiger charge is -2.07. The highest BCUT2D eigenvalue weighted by Crippen LogP contribution is 2.24. The maximum atomic E-state index is 12.5. The maximum absolute atomic E-state index is 12.5. The third-order valence-corrected chi connectivity index (χ3v) is 4.74. The van der Waals surface area contributed by atoms with Crippen LogP contribution < -0.4 is 9.46 Å². The van der Waals surface area contributed by atoms with Gasteiger partial charge in [0.05, 0.1) is 12.0 Å². The molecule has 0 radical (unpaired) electrons. The Balaban J connectivity index is 1.57. The maximum Gasteiger partial charge on any atom is 0.229 e. The van der Waals surface area contributed by atoms with E-state index in [2.05, 4.69) is 19.7 Å². The number of ether oxygens (including phenoxy) is 1. The van der Waals surface area contributed by atoms with Crippen molar-refractivity contribution in [1.82, 2.24) is 15.0 Å². The number of hydrogen-bond donors (Lipinski definition) is 1. The topological polar surface area (TPSA) is 90.1 Å². The van der Waals surface area contributed by atoms with E-state index in [1.807, 2.05) is 0 Å². The number of nitrogens with zero attached hydrogens (tertiary/aromatic N) is 3. The van der Waals surface area contributed by atoms with E-state index in [9.17, 15) is 4.21 Å². The van der Waals surface area contributed by atoms with Gasteiger partial charge in [-0.05, 0) is 48.5 Å². The lowest BCUT2D eigenvalue weighted by atomic mass is 10.2. The number of methoxy groups -OCH3 is 1. The van der Waals surface area contributed by atoms with Crippen molar-refractivity contribution in [2.24, 2.45) is 0 Å². The van der Waals surface area contributed by atoms with Gasteiger partial charge in [0.2, 0.25) is 5.89 Å². The summed E-state index contributed by atoms with van der Waals surface area (Å²) >= 11 is 0. The summed E-state index contributed by atoms with van der Waals surface area (Å²) in [4.78, 5) is 13.3. The van der Waals surface area contributed by atoms with Crippen LogP contribution in [0.1, 0.15) is 0 Å². The molecule has 3 heterocycles. The molecule has 130 valence electrons. The third-order valence-electron chi connectivity index (χ3n) is 3.64. The summed E-state index contributed by atoms with van der Waals surface area (Å²) in [7, 11) is 0.129. The SMILES string of the molecule is COc1ccc(S(=O)Nc2cc(-c3nc4ncccc4o3)ccn2)cc1. The Morgan fingerprint density at radius 2 is 1.92 bits per heavy atom. The molecular weight excluding hydrogens is 352 g/mol. The minimum absolute atomic E-state index is 0.430. The predicted molar refractivity (Wildman–Crippen MR) is 98.1 cm³/mol. The van der Waals surface area contributed by atoms with Crippen LogP contribution in [0.25, 0.3) is 22.7 Å². The lowest BCUT2D eigenvalue weighted by molar-refractivity contribution is 0.414. The van der Waals surface area contributed by atoms with Gasteiger partial charge >= 0.3 is 0 Å². The van der Waals surface area contributed by atoms with Crippen LogP contribution in [-0.2, 0) is 11.0 Å². The Hall–Kier alpha value is -3.26. The van der Waals surface area contributed by atoms with Gasteiger partial charge in [-0.25, -0.2) is 14.2 Å². The molecule has 1 N–H and O–H groups in total. The van der Waals surface area contributed by atoms with Crippen molar-refractivity contribution in [3.05, 3.63) is 60.9 Å². The highest BCUT2D eigenvalue weighted by atomic mass is 32.2. The quantitative estimate of drug-likeness (QED) is 0.582. The zero-order chi connectivity index (χ0) is 17.9. The molecule has 0 saturated carbocycles. The minimum Gasteiger partial charge on any atom is -0.497 e. The first-order valence-corrected chi connectivity index (χ1v) is 8.88. The summed E-state index contributed by atoms with van der Waals surface area (Å²) in [6.45, 7) is 0. The number of fused-ring (bicyclic) bond motifs is 1. The summed E-state index contributed by atoms with van der Waals surface area (Å²) in [5.41, 5.74) is 1.86. The van der Waals surface area contributed by atoms with E-state index in [4.69, 9.17) is 9.15 Å². The molecular formula is C18H14N4O3S. The zero-order valence-electron chi connectivity index (χ0n) is 13.7. The Bertz CT molecular complexity index is 1050. The number of pyridine rings is 2.